The molecular weight excluding hydrogens is 342 g/mol. The quantitative estimate of drug-likeness (QED) is 0.541. The Morgan fingerprint density at radius 1 is 1.12 bits per heavy atom. The first-order valence-corrected chi connectivity index (χ1v) is 8.05. The molecule has 1 heterocycles. The zero-order valence-electron chi connectivity index (χ0n) is 13.2. The van der Waals surface area contributed by atoms with E-state index in [-0.39, 0.29) is 23.6 Å². The van der Waals surface area contributed by atoms with Crippen LogP contribution in [0.2, 0.25) is 5.02 Å². The molecule has 0 saturated heterocycles. The van der Waals surface area contributed by atoms with Crippen LogP contribution in [0, 0.1) is 0 Å². The number of phenols is 1. The van der Waals surface area contributed by atoms with Gasteiger partial charge in [0.05, 0.1) is 5.56 Å². The second kappa shape index (κ2) is 7.27. The summed E-state index contributed by atoms with van der Waals surface area (Å²) < 4.78 is 0. The van der Waals surface area contributed by atoms with Crippen LogP contribution in [0.25, 0.3) is 10.9 Å². The number of hydrogen-bond acceptors (Lipinski definition) is 3. The molecule has 2 aromatic carbocycles. The number of carbonyl (C=O) groups is 2. The van der Waals surface area contributed by atoms with Crippen molar-refractivity contribution in [1.82, 2.24) is 15.8 Å². The zero-order chi connectivity index (χ0) is 17.8. The molecule has 0 spiro atoms. The van der Waals surface area contributed by atoms with Gasteiger partial charge in [-0.2, -0.15) is 0 Å². The van der Waals surface area contributed by atoms with Crippen LogP contribution in [0.1, 0.15) is 22.3 Å². The van der Waals surface area contributed by atoms with E-state index in [4.69, 9.17) is 11.6 Å². The number of aromatic hydroxyl groups is 1. The lowest BCUT2D eigenvalue weighted by molar-refractivity contribution is -0.121. The number of hydrogen-bond donors (Lipinski definition) is 4. The van der Waals surface area contributed by atoms with Crippen LogP contribution in [0.5, 0.6) is 5.75 Å². The fourth-order valence-corrected chi connectivity index (χ4v) is 2.71. The summed E-state index contributed by atoms with van der Waals surface area (Å²) in [5.74, 6) is -1.18. The van der Waals surface area contributed by atoms with E-state index in [9.17, 15) is 14.7 Å². The number of nitrogens with one attached hydrogen (secondary N) is 3. The lowest BCUT2D eigenvalue weighted by Gasteiger charge is -2.08. The molecule has 0 atom stereocenters. The Labute approximate surface area is 148 Å². The summed E-state index contributed by atoms with van der Waals surface area (Å²) in [4.78, 5) is 27.1. The van der Waals surface area contributed by atoms with Gasteiger partial charge in [0.25, 0.3) is 5.91 Å². The van der Waals surface area contributed by atoms with Gasteiger partial charge in [-0.25, -0.2) is 0 Å². The van der Waals surface area contributed by atoms with Crippen molar-refractivity contribution in [3.8, 4) is 5.75 Å². The predicted octanol–water partition coefficient (Wildman–Crippen LogP) is 2.92. The van der Waals surface area contributed by atoms with Gasteiger partial charge in [0.15, 0.2) is 0 Å². The predicted molar refractivity (Wildman–Crippen MR) is 95.3 cm³/mol. The Balaban J connectivity index is 1.54. The minimum absolute atomic E-state index is 0.00979. The fourth-order valence-electron chi connectivity index (χ4n) is 2.53. The van der Waals surface area contributed by atoms with Crippen molar-refractivity contribution in [1.29, 1.82) is 0 Å². The molecule has 0 saturated carbocycles. The van der Waals surface area contributed by atoms with E-state index in [0.717, 1.165) is 16.5 Å². The van der Waals surface area contributed by atoms with E-state index < -0.39 is 5.91 Å². The average molecular weight is 358 g/mol. The molecular formula is C18H16ClN3O3. The summed E-state index contributed by atoms with van der Waals surface area (Å²) in [6, 6.07) is 11.9. The third-order valence-electron chi connectivity index (χ3n) is 3.81. The first kappa shape index (κ1) is 16.9. The van der Waals surface area contributed by atoms with Crippen molar-refractivity contribution in [2.45, 2.75) is 12.8 Å². The second-order valence-electron chi connectivity index (χ2n) is 5.52. The Hall–Kier alpha value is -2.99. The molecule has 128 valence electrons. The van der Waals surface area contributed by atoms with Crippen LogP contribution >= 0.6 is 11.6 Å². The minimum Gasteiger partial charge on any atom is -0.507 e. The highest BCUT2D eigenvalue weighted by Crippen LogP contribution is 2.21. The topological polar surface area (TPSA) is 94.2 Å². The number of aromatic nitrogens is 1. The first-order chi connectivity index (χ1) is 12.0. The van der Waals surface area contributed by atoms with Crippen molar-refractivity contribution < 1.29 is 14.7 Å². The number of fused-ring (bicyclic) bond motifs is 1. The fraction of sp³-hybridized carbons (Fsp3) is 0.111. The smallest absolute Gasteiger partial charge is 0.273 e. The van der Waals surface area contributed by atoms with Crippen LogP contribution in [-0.4, -0.2) is 21.9 Å². The Bertz CT molecular complexity index is 936. The van der Waals surface area contributed by atoms with Crippen LogP contribution in [0.3, 0.4) is 0 Å². The number of amides is 2. The Kier molecular flexibility index (Phi) is 4.90. The molecule has 0 aliphatic rings. The number of benzene rings is 2. The van der Waals surface area contributed by atoms with Crippen molar-refractivity contribution in [3.05, 3.63) is 64.8 Å². The van der Waals surface area contributed by atoms with Gasteiger partial charge in [0.2, 0.25) is 5.91 Å². The maximum Gasteiger partial charge on any atom is 0.273 e. The van der Waals surface area contributed by atoms with Crippen LogP contribution in [0.15, 0.2) is 48.7 Å². The summed E-state index contributed by atoms with van der Waals surface area (Å²) in [5.41, 5.74) is 6.64. The van der Waals surface area contributed by atoms with Gasteiger partial charge in [0.1, 0.15) is 5.75 Å². The molecule has 2 amide bonds. The third-order valence-corrected chi connectivity index (χ3v) is 4.05. The van der Waals surface area contributed by atoms with E-state index in [1.54, 1.807) is 0 Å². The number of aromatic amines is 1. The monoisotopic (exact) mass is 357 g/mol. The highest BCUT2D eigenvalue weighted by atomic mass is 35.5. The van der Waals surface area contributed by atoms with Gasteiger partial charge in [-0.15, -0.1) is 0 Å². The van der Waals surface area contributed by atoms with Gasteiger partial charge in [0, 0.05) is 28.5 Å². The van der Waals surface area contributed by atoms with Crippen molar-refractivity contribution in [2.75, 3.05) is 0 Å². The summed E-state index contributed by atoms with van der Waals surface area (Å²) >= 11 is 5.80. The van der Waals surface area contributed by atoms with Crippen molar-refractivity contribution in [3.63, 3.8) is 0 Å². The molecule has 6 nitrogen and oxygen atoms in total. The normalized spacial score (nSPS) is 10.6. The lowest BCUT2D eigenvalue weighted by Crippen LogP contribution is -2.41. The number of carbonyl (C=O) groups excluding carboxylic acids is 2. The molecule has 0 radical (unpaired) electrons. The summed E-state index contributed by atoms with van der Waals surface area (Å²) in [6.07, 6.45) is 2.62. The largest absolute Gasteiger partial charge is 0.507 e. The standard InChI is InChI=1S/C18H16ClN3O3/c19-12-6-7-16(23)14(9-12)18(25)22-21-17(24)8-5-11-10-20-15-4-2-1-3-13(11)15/h1-4,6-7,9-10,20,23H,5,8H2,(H,21,24)(H,22,25). The molecule has 3 rings (SSSR count). The van der Waals surface area contributed by atoms with E-state index in [2.05, 4.69) is 15.8 Å². The SMILES string of the molecule is O=C(CCc1c[nH]c2ccccc12)NNC(=O)c1cc(Cl)ccc1O. The molecule has 3 aromatic rings. The molecule has 0 unspecified atom stereocenters. The average Bonchev–Trinajstić information content (AvgIpc) is 3.03. The van der Waals surface area contributed by atoms with Gasteiger partial charge in [-0.1, -0.05) is 29.8 Å². The maximum atomic E-state index is 12.0. The molecule has 25 heavy (non-hydrogen) atoms. The molecule has 7 heteroatoms. The molecule has 1 aromatic heterocycles. The lowest BCUT2D eigenvalue weighted by atomic mass is 10.1. The highest BCUT2D eigenvalue weighted by Gasteiger charge is 2.13. The molecule has 0 fully saturated rings. The summed E-state index contributed by atoms with van der Waals surface area (Å²) in [6.45, 7) is 0. The minimum atomic E-state index is -0.638. The Morgan fingerprint density at radius 3 is 2.76 bits per heavy atom. The highest BCUT2D eigenvalue weighted by molar-refractivity contribution is 6.31. The molecule has 0 aliphatic carbocycles. The number of aryl methyl sites for hydroxylation is 1. The van der Waals surface area contributed by atoms with Gasteiger partial charge >= 0.3 is 0 Å². The van der Waals surface area contributed by atoms with Gasteiger partial charge < -0.3 is 10.1 Å². The number of para-hydroxylation sites is 1. The van der Waals surface area contributed by atoms with Crippen molar-refractivity contribution >= 4 is 34.3 Å². The van der Waals surface area contributed by atoms with Crippen LogP contribution in [0.4, 0.5) is 0 Å². The van der Waals surface area contributed by atoms with E-state index in [1.165, 1.54) is 18.2 Å². The number of halogens is 1. The number of phenolic OH excluding ortho intramolecular Hbond substituents is 1. The molecule has 0 aliphatic heterocycles. The molecule has 0 bridgehead atoms. The third kappa shape index (κ3) is 3.92. The van der Waals surface area contributed by atoms with Gasteiger partial charge in [-0.3, -0.25) is 20.4 Å². The van der Waals surface area contributed by atoms with Gasteiger partial charge in [-0.05, 0) is 36.2 Å². The Morgan fingerprint density at radius 2 is 1.92 bits per heavy atom. The zero-order valence-corrected chi connectivity index (χ0v) is 13.9. The van der Waals surface area contributed by atoms with E-state index >= 15 is 0 Å². The maximum absolute atomic E-state index is 12.0. The molecule has 4 N–H and O–H groups in total. The van der Waals surface area contributed by atoms with Crippen LogP contribution < -0.4 is 10.9 Å². The second-order valence-corrected chi connectivity index (χ2v) is 5.96. The summed E-state index contributed by atoms with van der Waals surface area (Å²) in [7, 11) is 0. The van der Waals surface area contributed by atoms with Crippen molar-refractivity contribution in [2.24, 2.45) is 0 Å². The van der Waals surface area contributed by atoms with E-state index in [0.29, 0.717) is 11.4 Å². The number of hydrazine groups is 1. The number of rotatable bonds is 4. The first-order valence-electron chi connectivity index (χ1n) is 7.67. The number of H-pyrrole nitrogens is 1. The summed E-state index contributed by atoms with van der Waals surface area (Å²) in [5, 5.41) is 11.0. The van der Waals surface area contributed by atoms with Crippen LogP contribution in [-0.2, 0) is 11.2 Å². The van der Waals surface area contributed by atoms with E-state index in [1.807, 2.05) is 30.5 Å².